The van der Waals surface area contributed by atoms with E-state index in [4.69, 9.17) is 4.74 Å². The average molecular weight is 487 g/mol. The van der Waals surface area contributed by atoms with Crippen LogP contribution in [0, 0.1) is 5.41 Å². The number of hydrogen-bond acceptors (Lipinski definition) is 4. The van der Waals surface area contributed by atoms with Crippen molar-refractivity contribution in [2.75, 3.05) is 7.11 Å². The molecule has 0 bridgehead atoms. The Morgan fingerprint density at radius 1 is 0.595 bits per heavy atom. The smallest absolute Gasteiger partial charge is 0.178 e. The number of carbonyl (C=O) groups is 3. The summed E-state index contributed by atoms with van der Waals surface area (Å²) in [5.74, 6) is -0.546. The van der Waals surface area contributed by atoms with Crippen LogP contribution >= 0.6 is 0 Å². The van der Waals surface area contributed by atoms with Gasteiger partial charge in [0.2, 0.25) is 0 Å². The number of fused-ring (bicyclic) bond motifs is 1. The van der Waals surface area contributed by atoms with Crippen molar-refractivity contribution >= 4 is 17.3 Å². The van der Waals surface area contributed by atoms with Crippen LogP contribution in [0.4, 0.5) is 0 Å². The minimum Gasteiger partial charge on any atom is -0.497 e. The molecule has 0 aliphatic heterocycles. The van der Waals surface area contributed by atoms with Crippen LogP contribution in [0.5, 0.6) is 5.75 Å². The molecule has 0 amide bonds. The van der Waals surface area contributed by atoms with Crippen molar-refractivity contribution in [1.82, 2.24) is 0 Å². The fourth-order valence-electron chi connectivity index (χ4n) is 6.30. The second kappa shape index (κ2) is 8.97. The lowest BCUT2D eigenvalue weighted by Crippen LogP contribution is -2.49. The highest BCUT2D eigenvalue weighted by Gasteiger charge is 2.64. The van der Waals surface area contributed by atoms with Gasteiger partial charge in [-0.05, 0) is 34.4 Å². The van der Waals surface area contributed by atoms with Gasteiger partial charge in [0.1, 0.15) is 16.9 Å². The predicted octanol–water partition coefficient (Wildman–Crippen LogP) is 6.66. The molecule has 0 radical (unpaired) electrons. The highest BCUT2D eigenvalue weighted by molar-refractivity contribution is 6.31. The van der Waals surface area contributed by atoms with E-state index < -0.39 is 17.3 Å². The van der Waals surface area contributed by atoms with Crippen LogP contribution in [0.15, 0.2) is 103 Å². The van der Waals surface area contributed by atoms with Gasteiger partial charge in [0, 0.05) is 35.8 Å². The minimum atomic E-state index is -1.35. The normalized spacial score (nSPS) is 20.2. The third-order valence-corrected chi connectivity index (χ3v) is 8.07. The zero-order valence-electron chi connectivity index (χ0n) is 20.5. The summed E-state index contributed by atoms with van der Waals surface area (Å²) in [4.78, 5) is 41.7. The predicted molar refractivity (Wildman–Crippen MR) is 142 cm³/mol. The molecule has 2 aliphatic carbocycles. The standard InChI is InChI=1S/C33H26O4/c1-37-26-17-15-22(16-18-26)21-11-13-24(14-12-21)30-20-25(34)19-29(23-7-3-2-4-8-23)33(30)31(35)27-9-5-6-10-28(27)32(33)36/h2-18,29-30H,19-20H2,1H3/t29-,30+/m1/s1. The molecule has 2 atom stereocenters. The topological polar surface area (TPSA) is 60.4 Å². The summed E-state index contributed by atoms with van der Waals surface area (Å²) >= 11 is 0. The van der Waals surface area contributed by atoms with Gasteiger partial charge in [-0.2, -0.15) is 0 Å². The van der Waals surface area contributed by atoms with Gasteiger partial charge in [0.15, 0.2) is 11.6 Å². The Balaban J connectivity index is 1.49. The number of ether oxygens (including phenoxy) is 1. The van der Waals surface area contributed by atoms with Crippen molar-refractivity contribution in [3.63, 3.8) is 0 Å². The molecule has 1 saturated carbocycles. The van der Waals surface area contributed by atoms with Gasteiger partial charge in [-0.1, -0.05) is 91.0 Å². The first-order valence-electron chi connectivity index (χ1n) is 12.5. The van der Waals surface area contributed by atoms with E-state index in [9.17, 15) is 14.4 Å². The number of benzene rings is 4. The number of hydrogen-bond donors (Lipinski definition) is 0. The molecule has 182 valence electrons. The van der Waals surface area contributed by atoms with Crippen LogP contribution in [0.3, 0.4) is 0 Å². The molecule has 0 heterocycles. The van der Waals surface area contributed by atoms with Gasteiger partial charge in [0.25, 0.3) is 0 Å². The van der Waals surface area contributed by atoms with Crippen molar-refractivity contribution in [1.29, 1.82) is 0 Å². The third kappa shape index (κ3) is 3.55. The minimum absolute atomic E-state index is 0.0697. The van der Waals surface area contributed by atoms with Crippen LogP contribution in [-0.2, 0) is 4.79 Å². The van der Waals surface area contributed by atoms with Crippen LogP contribution < -0.4 is 4.74 Å². The number of rotatable bonds is 4. The molecule has 1 fully saturated rings. The monoisotopic (exact) mass is 486 g/mol. The van der Waals surface area contributed by atoms with E-state index in [1.807, 2.05) is 78.9 Å². The van der Waals surface area contributed by atoms with Crippen LogP contribution in [0.25, 0.3) is 11.1 Å². The van der Waals surface area contributed by atoms with Crippen molar-refractivity contribution < 1.29 is 19.1 Å². The Kier molecular flexibility index (Phi) is 5.60. The quantitative estimate of drug-likeness (QED) is 0.303. The summed E-state index contributed by atoms with van der Waals surface area (Å²) in [5, 5.41) is 0. The van der Waals surface area contributed by atoms with Crippen LogP contribution in [0.2, 0.25) is 0 Å². The Morgan fingerprint density at radius 3 is 1.57 bits per heavy atom. The first-order chi connectivity index (χ1) is 18.0. The highest BCUT2D eigenvalue weighted by atomic mass is 16.5. The van der Waals surface area contributed by atoms with Crippen molar-refractivity contribution in [3.05, 3.63) is 125 Å². The van der Waals surface area contributed by atoms with Crippen molar-refractivity contribution in [2.45, 2.75) is 24.7 Å². The zero-order chi connectivity index (χ0) is 25.6. The molecule has 2 aliphatic rings. The number of carbonyl (C=O) groups excluding carboxylic acids is 3. The van der Waals surface area contributed by atoms with E-state index in [0.717, 1.165) is 28.0 Å². The lowest BCUT2D eigenvalue weighted by molar-refractivity contribution is -0.122. The average Bonchev–Trinajstić information content (AvgIpc) is 3.17. The molecule has 0 saturated heterocycles. The Hall–Kier alpha value is -4.31. The van der Waals surface area contributed by atoms with Gasteiger partial charge >= 0.3 is 0 Å². The number of Topliss-reactive ketones (excluding diaryl/α,β-unsaturated/α-hetero) is 3. The second-order valence-corrected chi connectivity index (χ2v) is 9.89. The first-order valence-corrected chi connectivity index (χ1v) is 12.5. The molecule has 37 heavy (non-hydrogen) atoms. The lowest BCUT2D eigenvalue weighted by Gasteiger charge is -2.44. The molecule has 4 heteroatoms. The van der Waals surface area contributed by atoms with E-state index in [2.05, 4.69) is 0 Å². The molecule has 4 nitrogen and oxygen atoms in total. The molecule has 4 aromatic rings. The van der Waals surface area contributed by atoms with E-state index in [-0.39, 0.29) is 30.2 Å². The zero-order valence-corrected chi connectivity index (χ0v) is 20.5. The molecule has 0 N–H and O–H groups in total. The van der Waals surface area contributed by atoms with Crippen molar-refractivity contribution in [2.24, 2.45) is 5.41 Å². The first kappa shape index (κ1) is 23.1. The molecule has 4 aromatic carbocycles. The van der Waals surface area contributed by atoms with Crippen LogP contribution in [0.1, 0.15) is 56.5 Å². The fraction of sp³-hybridized carbons (Fsp3) is 0.182. The number of ketones is 3. The Bertz CT molecular complexity index is 1470. The van der Waals surface area contributed by atoms with Gasteiger partial charge < -0.3 is 4.74 Å². The highest BCUT2D eigenvalue weighted by Crippen LogP contribution is 2.60. The summed E-state index contributed by atoms with van der Waals surface area (Å²) in [6.07, 6.45) is 0.340. The summed E-state index contributed by atoms with van der Waals surface area (Å²) < 4.78 is 5.26. The molecule has 1 spiro atoms. The van der Waals surface area contributed by atoms with E-state index >= 15 is 0 Å². The molecule has 0 unspecified atom stereocenters. The summed E-state index contributed by atoms with van der Waals surface area (Å²) in [6, 6.07) is 32.4. The lowest BCUT2D eigenvalue weighted by atomic mass is 9.54. The number of methoxy groups -OCH3 is 1. The molecular weight excluding hydrogens is 460 g/mol. The molecule has 0 aromatic heterocycles. The molecular formula is C33H26O4. The second-order valence-electron chi connectivity index (χ2n) is 9.89. The maximum absolute atomic E-state index is 14.3. The maximum Gasteiger partial charge on any atom is 0.178 e. The van der Waals surface area contributed by atoms with Gasteiger partial charge in [-0.15, -0.1) is 0 Å². The van der Waals surface area contributed by atoms with Gasteiger partial charge in [-0.3, -0.25) is 14.4 Å². The summed E-state index contributed by atoms with van der Waals surface area (Å²) in [7, 11) is 1.64. The largest absolute Gasteiger partial charge is 0.497 e. The SMILES string of the molecule is COc1ccc(-c2ccc([C@@H]3CC(=O)C[C@H](c4ccccc4)C34C(=O)c3ccccc3C4=O)cc2)cc1. The summed E-state index contributed by atoms with van der Waals surface area (Å²) in [5.41, 5.74) is 3.30. The van der Waals surface area contributed by atoms with Gasteiger partial charge in [0.05, 0.1) is 7.11 Å². The molecule has 6 rings (SSSR count). The van der Waals surface area contributed by atoms with E-state index in [1.165, 1.54) is 0 Å². The fourth-order valence-corrected chi connectivity index (χ4v) is 6.30. The van der Waals surface area contributed by atoms with Crippen molar-refractivity contribution in [3.8, 4) is 16.9 Å². The van der Waals surface area contributed by atoms with E-state index in [0.29, 0.717) is 11.1 Å². The van der Waals surface area contributed by atoms with Gasteiger partial charge in [-0.25, -0.2) is 0 Å². The van der Waals surface area contributed by atoms with Crippen LogP contribution in [-0.4, -0.2) is 24.5 Å². The summed E-state index contributed by atoms with van der Waals surface area (Å²) in [6.45, 7) is 0. The maximum atomic E-state index is 14.3. The Labute approximate surface area is 215 Å². The Morgan fingerprint density at radius 2 is 1.05 bits per heavy atom. The third-order valence-electron chi connectivity index (χ3n) is 8.07. The van der Waals surface area contributed by atoms with E-state index in [1.54, 1.807) is 31.4 Å².